The summed E-state index contributed by atoms with van der Waals surface area (Å²) < 4.78 is 13.6. The second-order valence-corrected chi connectivity index (χ2v) is 5.59. The Balaban J connectivity index is 2.07. The molecule has 1 saturated heterocycles. The number of benzene rings is 1. The molecule has 106 valence electrons. The molecule has 1 aromatic carbocycles. The van der Waals surface area contributed by atoms with Crippen molar-refractivity contribution in [1.82, 2.24) is 0 Å². The fraction of sp³-hybridized carbons (Fsp3) is 0.625. The maximum absolute atomic E-state index is 13.6. The number of rotatable bonds is 4. The maximum Gasteiger partial charge on any atom is 0.125 e. The lowest BCUT2D eigenvalue weighted by atomic mass is 9.96. The van der Waals surface area contributed by atoms with Gasteiger partial charge in [0.25, 0.3) is 0 Å². The third kappa shape index (κ3) is 3.93. The van der Waals surface area contributed by atoms with Crippen molar-refractivity contribution < 1.29 is 4.39 Å². The molecule has 1 aliphatic rings. The predicted molar refractivity (Wildman–Crippen MR) is 78.8 cm³/mol. The van der Waals surface area contributed by atoms with Crippen molar-refractivity contribution in [1.29, 1.82) is 0 Å². The molecule has 1 aromatic rings. The van der Waals surface area contributed by atoms with Crippen molar-refractivity contribution in [3.05, 3.63) is 29.6 Å². The highest BCUT2D eigenvalue weighted by Gasteiger charge is 2.17. The van der Waals surface area contributed by atoms with E-state index in [9.17, 15) is 4.39 Å². The molecular weight excluding hydrogens is 239 g/mol. The van der Waals surface area contributed by atoms with Crippen LogP contribution in [0.25, 0.3) is 0 Å². The van der Waals surface area contributed by atoms with Crippen LogP contribution < -0.4 is 10.6 Å². The Morgan fingerprint density at radius 1 is 1.26 bits per heavy atom. The minimum atomic E-state index is -0.174. The van der Waals surface area contributed by atoms with E-state index in [1.54, 1.807) is 6.07 Å². The van der Waals surface area contributed by atoms with E-state index in [-0.39, 0.29) is 5.82 Å². The van der Waals surface area contributed by atoms with E-state index in [0.717, 1.165) is 30.3 Å². The fourth-order valence-electron chi connectivity index (χ4n) is 3.05. The summed E-state index contributed by atoms with van der Waals surface area (Å²) in [7, 11) is 0. The lowest BCUT2D eigenvalue weighted by molar-refractivity contribution is 0.435. The van der Waals surface area contributed by atoms with E-state index in [1.165, 1.54) is 38.2 Å². The summed E-state index contributed by atoms with van der Waals surface area (Å²) in [5, 5.41) is 0. The first-order chi connectivity index (χ1) is 9.22. The molecule has 2 N–H and O–H groups in total. The first kappa shape index (κ1) is 14.3. The van der Waals surface area contributed by atoms with Crippen molar-refractivity contribution >= 4 is 5.69 Å². The fourth-order valence-corrected chi connectivity index (χ4v) is 3.05. The highest BCUT2D eigenvalue weighted by molar-refractivity contribution is 5.49. The molecular formula is C16H25FN2. The number of halogens is 1. The van der Waals surface area contributed by atoms with Gasteiger partial charge in [-0.25, -0.2) is 4.39 Å². The van der Waals surface area contributed by atoms with Gasteiger partial charge in [0, 0.05) is 25.3 Å². The molecule has 0 bridgehead atoms. The topological polar surface area (TPSA) is 29.3 Å². The van der Waals surface area contributed by atoms with Crippen LogP contribution in [0.1, 0.15) is 44.6 Å². The smallest absolute Gasteiger partial charge is 0.125 e. The molecule has 2 rings (SSSR count). The van der Waals surface area contributed by atoms with Gasteiger partial charge in [-0.05, 0) is 48.9 Å². The highest BCUT2D eigenvalue weighted by Crippen LogP contribution is 2.26. The third-order valence-corrected chi connectivity index (χ3v) is 4.09. The van der Waals surface area contributed by atoms with Crippen LogP contribution in [0.5, 0.6) is 0 Å². The summed E-state index contributed by atoms with van der Waals surface area (Å²) >= 11 is 0. The zero-order valence-electron chi connectivity index (χ0n) is 11.9. The van der Waals surface area contributed by atoms with E-state index in [0.29, 0.717) is 6.54 Å². The molecule has 0 aromatic heterocycles. The molecule has 0 aliphatic carbocycles. The normalized spacial score (nSPS) is 20.4. The second-order valence-electron chi connectivity index (χ2n) is 5.59. The average molecular weight is 264 g/mol. The molecule has 0 spiro atoms. The Morgan fingerprint density at radius 3 is 2.84 bits per heavy atom. The molecule has 1 heterocycles. The molecule has 1 aliphatic heterocycles. The molecule has 3 heteroatoms. The number of hydrogen-bond donors (Lipinski definition) is 1. The highest BCUT2D eigenvalue weighted by atomic mass is 19.1. The van der Waals surface area contributed by atoms with Gasteiger partial charge in [0.2, 0.25) is 0 Å². The lowest BCUT2D eigenvalue weighted by Crippen LogP contribution is -2.24. The van der Waals surface area contributed by atoms with Crippen LogP contribution in [0, 0.1) is 11.7 Å². The van der Waals surface area contributed by atoms with Gasteiger partial charge in [0.05, 0.1) is 0 Å². The van der Waals surface area contributed by atoms with E-state index in [1.807, 2.05) is 6.07 Å². The molecule has 0 amide bonds. The minimum Gasteiger partial charge on any atom is -0.371 e. The molecule has 1 unspecified atom stereocenters. The predicted octanol–water partition coefficient (Wildman–Crippen LogP) is 3.69. The van der Waals surface area contributed by atoms with E-state index in [2.05, 4.69) is 11.8 Å². The maximum atomic E-state index is 13.6. The number of nitrogens with two attached hydrogens (primary N) is 1. The summed E-state index contributed by atoms with van der Waals surface area (Å²) in [5.41, 5.74) is 7.50. The van der Waals surface area contributed by atoms with Crippen molar-refractivity contribution in [3.8, 4) is 0 Å². The summed E-state index contributed by atoms with van der Waals surface area (Å²) in [4.78, 5) is 2.32. The van der Waals surface area contributed by atoms with Crippen LogP contribution in [-0.2, 0) is 6.54 Å². The van der Waals surface area contributed by atoms with Gasteiger partial charge in [0.1, 0.15) is 5.82 Å². The molecule has 0 saturated carbocycles. The average Bonchev–Trinajstić information content (AvgIpc) is 2.64. The van der Waals surface area contributed by atoms with Crippen LogP contribution >= 0.6 is 0 Å². The molecule has 1 atom stereocenters. The van der Waals surface area contributed by atoms with Gasteiger partial charge in [-0.3, -0.25) is 0 Å². The lowest BCUT2D eigenvalue weighted by Gasteiger charge is -2.23. The van der Waals surface area contributed by atoms with Gasteiger partial charge in [-0.1, -0.05) is 19.8 Å². The van der Waals surface area contributed by atoms with Crippen LogP contribution in [-0.4, -0.2) is 13.1 Å². The molecule has 2 nitrogen and oxygen atoms in total. The summed E-state index contributed by atoms with van der Waals surface area (Å²) in [6.45, 7) is 4.73. The van der Waals surface area contributed by atoms with Crippen LogP contribution in [0.15, 0.2) is 18.2 Å². The Labute approximate surface area is 115 Å². The second kappa shape index (κ2) is 6.90. The van der Waals surface area contributed by atoms with Gasteiger partial charge < -0.3 is 10.6 Å². The summed E-state index contributed by atoms with van der Waals surface area (Å²) in [6, 6.07) is 5.20. The summed E-state index contributed by atoms with van der Waals surface area (Å²) in [5.74, 6) is 0.671. The van der Waals surface area contributed by atoms with Crippen molar-refractivity contribution in [3.63, 3.8) is 0 Å². The Hall–Kier alpha value is -1.09. The Kier molecular flexibility index (Phi) is 5.20. The molecule has 0 radical (unpaired) electrons. The van der Waals surface area contributed by atoms with Gasteiger partial charge in [0.15, 0.2) is 0 Å². The largest absolute Gasteiger partial charge is 0.371 e. The van der Waals surface area contributed by atoms with E-state index < -0.39 is 0 Å². The number of anilines is 1. The van der Waals surface area contributed by atoms with E-state index >= 15 is 0 Å². The standard InChI is InChI=1S/C16H25FN2/c1-2-4-13-5-3-7-19(8-6-13)16-10-14(12-18)9-15(17)11-16/h9-11,13H,2-8,12,18H2,1H3. The van der Waals surface area contributed by atoms with Crippen molar-refractivity contribution in [2.45, 2.75) is 45.6 Å². The minimum absolute atomic E-state index is 0.174. The number of nitrogens with zero attached hydrogens (tertiary/aromatic N) is 1. The number of hydrogen-bond acceptors (Lipinski definition) is 2. The zero-order valence-corrected chi connectivity index (χ0v) is 11.9. The van der Waals surface area contributed by atoms with Gasteiger partial charge in [-0.15, -0.1) is 0 Å². The monoisotopic (exact) mass is 264 g/mol. The van der Waals surface area contributed by atoms with Gasteiger partial charge in [-0.2, -0.15) is 0 Å². The van der Waals surface area contributed by atoms with Crippen molar-refractivity contribution in [2.24, 2.45) is 11.7 Å². The summed E-state index contributed by atoms with van der Waals surface area (Å²) in [6.07, 6.45) is 6.33. The Morgan fingerprint density at radius 2 is 2.11 bits per heavy atom. The first-order valence-electron chi connectivity index (χ1n) is 7.47. The van der Waals surface area contributed by atoms with Crippen molar-refractivity contribution in [2.75, 3.05) is 18.0 Å². The van der Waals surface area contributed by atoms with Gasteiger partial charge >= 0.3 is 0 Å². The zero-order chi connectivity index (χ0) is 13.7. The Bertz CT molecular complexity index is 406. The first-order valence-corrected chi connectivity index (χ1v) is 7.47. The van der Waals surface area contributed by atoms with Crippen LogP contribution in [0.2, 0.25) is 0 Å². The molecule has 19 heavy (non-hydrogen) atoms. The SMILES string of the molecule is CCCC1CCCN(c2cc(F)cc(CN)c2)CC1. The van der Waals surface area contributed by atoms with E-state index in [4.69, 9.17) is 5.73 Å². The quantitative estimate of drug-likeness (QED) is 0.898. The van der Waals surface area contributed by atoms with Crippen LogP contribution in [0.4, 0.5) is 10.1 Å². The van der Waals surface area contributed by atoms with Crippen LogP contribution in [0.3, 0.4) is 0 Å². The molecule has 1 fully saturated rings. The third-order valence-electron chi connectivity index (χ3n) is 4.09.